The Balaban J connectivity index is 1.70. The van der Waals surface area contributed by atoms with Crippen LogP contribution in [0.15, 0.2) is 57.5 Å². The lowest BCUT2D eigenvalue weighted by Crippen LogP contribution is -2.58. The molecule has 1 aliphatic heterocycles. The Morgan fingerprint density at radius 2 is 1.46 bits per heavy atom. The van der Waals surface area contributed by atoms with Crippen molar-refractivity contribution in [3.8, 4) is 0 Å². The van der Waals surface area contributed by atoms with Gasteiger partial charge in [0.1, 0.15) is 6.10 Å². The second-order valence-corrected chi connectivity index (χ2v) is 8.58. The van der Waals surface area contributed by atoms with Crippen LogP contribution in [0, 0.1) is 0 Å². The summed E-state index contributed by atoms with van der Waals surface area (Å²) in [6.07, 6.45) is -0.123. The first kappa shape index (κ1) is 19.4. The van der Waals surface area contributed by atoms with Crippen LogP contribution in [-0.2, 0) is 4.74 Å². The van der Waals surface area contributed by atoms with E-state index in [4.69, 9.17) is 4.74 Å². The van der Waals surface area contributed by atoms with Crippen LogP contribution in [0.1, 0.15) is 31.1 Å². The van der Waals surface area contributed by atoms with E-state index in [2.05, 4.69) is 61.4 Å². The van der Waals surface area contributed by atoms with Crippen molar-refractivity contribution in [2.75, 3.05) is 13.1 Å². The minimum Gasteiger partial charge on any atom is -0.362 e. The molecule has 1 heterocycles. The normalized spacial score (nSPS) is 14.6. The Hall–Kier alpha value is -1.37. The highest BCUT2D eigenvalue weighted by molar-refractivity contribution is 9.10. The summed E-state index contributed by atoms with van der Waals surface area (Å²) < 4.78 is 8.45. The third kappa shape index (κ3) is 4.87. The van der Waals surface area contributed by atoms with Gasteiger partial charge in [0, 0.05) is 15.0 Å². The van der Waals surface area contributed by atoms with Gasteiger partial charge in [-0.05, 0) is 49.2 Å². The highest BCUT2D eigenvalue weighted by atomic mass is 79.9. The highest BCUT2D eigenvalue weighted by Crippen LogP contribution is 2.31. The lowest BCUT2D eigenvalue weighted by atomic mass is 10.0. The van der Waals surface area contributed by atoms with Crippen molar-refractivity contribution in [2.45, 2.75) is 32.1 Å². The zero-order chi connectivity index (χ0) is 18.7. The SMILES string of the molecule is CC(C)NC(=O)N1CC(OC(c2ccc(Br)cc2)c2ccc(Br)cc2)C1. The summed E-state index contributed by atoms with van der Waals surface area (Å²) in [7, 11) is 0. The quantitative estimate of drug-likeness (QED) is 0.643. The number of benzene rings is 2. The highest BCUT2D eigenvalue weighted by Gasteiger charge is 2.34. The zero-order valence-corrected chi connectivity index (χ0v) is 18.0. The number of carbonyl (C=O) groups excluding carboxylic acids is 1. The number of carbonyl (C=O) groups is 1. The summed E-state index contributed by atoms with van der Waals surface area (Å²) in [4.78, 5) is 13.8. The van der Waals surface area contributed by atoms with E-state index in [1.165, 1.54) is 0 Å². The Labute approximate surface area is 171 Å². The number of urea groups is 1. The van der Waals surface area contributed by atoms with Crippen molar-refractivity contribution in [1.29, 1.82) is 0 Å². The van der Waals surface area contributed by atoms with Gasteiger partial charge in [0.05, 0.1) is 19.2 Å². The van der Waals surface area contributed by atoms with Crippen LogP contribution in [0.2, 0.25) is 0 Å². The lowest BCUT2D eigenvalue weighted by Gasteiger charge is -2.41. The van der Waals surface area contributed by atoms with Crippen LogP contribution < -0.4 is 5.32 Å². The van der Waals surface area contributed by atoms with Gasteiger partial charge in [-0.3, -0.25) is 0 Å². The molecule has 4 nitrogen and oxygen atoms in total. The van der Waals surface area contributed by atoms with E-state index in [0.717, 1.165) is 20.1 Å². The molecular formula is C20H22Br2N2O2. The van der Waals surface area contributed by atoms with E-state index < -0.39 is 0 Å². The monoisotopic (exact) mass is 480 g/mol. The fourth-order valence-corrected chi connectivity index (χ4v) is 3.37. The van der Waals surface area contributed by atoms with Crippen LogP contribution in [0.3, 0.4) is 0 Å². The standard InChI is InChI=1S/C20H22Br2N2O2/c1-13(2)23-20(25)24-11-18(12-24)26-19(14-3-7-16(21)8-4-14)15-5-9-17(22)10-6-15/h3-10,13,18-19H,11-12H2,1-2H3,(H,23,25). The van der Waals surface area contributed by atoms with Gasteiger partial charge in [-0.25, -0.2) is 4.79 Å². The molecule has 1 aliphatic rings. The number of hydrogen-bond donors (Lipinski definition) is 1. The number of ether oxygens (including phenoxy) is 1. The molecule has 2 amide bonds. The van der Waals surface area contributed by atoms with Crippen molar-refractivity contribution < 1.29 is 9.53 Å². The number of hydrogen-bond acceptors (Lipinski definition) is 2. The summed E-state index contributed by atoms with van der Waals surface area (Å²) in [5, 5.41) is 2.92. The van der Waals surface area contributed by atoms with E-state index in [0.29, 0.717) is 13.1 Å². The van der Waals surface area contributed by atoms with Crippen LogP contribution in [0.4, 0.5) is 4.79 Å². The molecule has 1 fully saturated rings. The third-order valence-corrected chi connectivity index (χ3v) is 5.28. The van der Waals surface area contributed by atoms with Gasteiger partial charge in [-0.2, -0.15) is 0 Å². The molecule has 2 aromatic rings. The second-order valence-electron chi connectivity index (χ2n) is 6.75. The average molecular weight is 482 g/mol. The molecule has 6 heteroatoms. The molecule has 26 heavy (non-hydrogen) atoms. The van der Waals surface area contributed by atoms with Crippen LogP contribution >= 0.6 is 31.9 Å². The molecule has 0 spiro atoms. The Morgan fingerprint density at radius 1 is 1.00 bits per heavy atom. The van der Waals surface area contributed by atoms with Crippen molar-refractivity contribution in [3.63, 3.8) is 0 Å². The maximum absolute atomic E-state index is 12.0. The van der Waals surface area contributed by atoms with Gasteiger partial charge in [0.15, 0.2) is 0 Å². The lowest BCUT2D eigenvalue weighted by molar-refractivity contribution is -0.0647. The van der Waals surface area contributed by atoms with Gasteiger partial charge in [-0.15, -0.1) is 0 Å². The molecular weight excluding hydrogens is 460 g/mol. The first-order valence-corrected chi connectivity index (χ1v) is 10.2. The fraction of sp³-hybridized carbons (Fsp3) is 0.350. The molecule has 0 saturated carbocycles. The molecule has 2 aromatic carbocycles. The summed E-state index contributed by atoms with van der Waals surface area (Å²) in [5.74, 6) is 0. The molecule has 0 aliphatic carbocycles. The van der Waals surface area contributed by atoms with Crippen LogP contribution in [-0.4, -0.2) is 36.2 Å². The van der Waals surface area contributed by atoms with Crippen LogP contribution in [0.25, 0.3) is 0 Å². The summed E-state index contributed by atoms with van der Waals surface area (Å²) in [5.41, 5.74) is 2.20. The number of nitrogens with one attached hydrogen (secondary N) is 1. The Bertz CT molecular complexity index is 696. The first-order chi connectivity index (χ1) is 12.4. The van der Waals surface area contributed by atoms with Gasteiger partial charge < -0.3 is 15.0 Å². The topological polar surface area (TPSA) is 41.6 Å². The number of rotatable bonds is 5. The molecule has 1 N–H and O–H groups in total. The van der Waals surface area contributed by atoms with Crippen molar-refractivity contribution in [2.24, 2.45) is 0 Å². The largest absolute Gasteiger partial charge is 0.362 e. The van der Waals surface area contributed by atoms with Gasteiger partial charge in [0.25, 0.3) is 0 Å². The number of halogens is 2. The Morgan fingerprint density at radius 3 is 1.88 bits per heavy atom. The van der Waals surface area contributed by atoms with Gasteiger partial charge >= 0.3 is 6.03 Å². The van der Waals surface area contributed by atoms with Crippen LogP contribution in [0.5, 0.6) is 0 Å². The van der Waals surface area contributed by atoms with Crippen molar-refractivity contribution in [1.82, 2.24) is 10.2 Å². The van der Waals surface area contributed by atoms with E-state index in [1.807, 2.05) is 38.1 Å². The fourth-order valence-electron chi connectivity index (χ4n) is 2.85. The first-order valence-electron chi connectivity index (χ1n) is 8.64. The van der Waals surface area contributed by atoms with Gasteiger partial charge in [-0.1, -0.05) is 56.1 Å². The number of likely N-dealkylation sites (tertiary alicyclic amines) is 1. The molecule has 0 unspecified atom stereocenters. The molecule has 138 valence electrons. The molecule has 0 radical (unpaired) electrons. The average Bonchev–Trinajstić information content (AvgIpc) is 2.55. The van der Waals surface area contributed by atoms with E-state index in [-0.39, 0.29) is 24.3 Å². The minimum absolute atomic E-state index is 0.0244. The summed E-state index contributed by atoms with van der Waals surface area (Å²) >= 11 is 6.96. The predicted molar refractivity (Wildman–Crippen MR) is 110 cm³/mol. The van der Waals surface area contributed by atoms with E-state index in [1.54, 1.807) is 4.90 Å². The Kier molecular flexibility index (Phi) is 6.37. The van der Waals surface area contributed by atoms with E-state index in [9.17, 15) is 4.79 Å². The predicted octanol–water partition coefficient (Wildman–Crippen LogP) is 5.12. The molecule has 0 bridgehead atoms. The minimum atomic E-state index is -0.156. The molecule has 1 saturated heterocycles. The third-order valence-electron chi connectivity index (χ3n) is 4.22. The van der Waals surface area contributed by atoms with E-state index >= 15 is 0 Å². The van der Waals surface area contributed by atoms with Gasteiger partial charge in [0.2, 0.25) is 0 Å². The zero-order valence-electron chi connectivity index (χ0n) is 14.8. The maximum atomic E-state index is 12.0. The second kappa shape index (κ2) is 8.55. The molecule has 3 rings (SSSR count). The number of nitrogens with zero attached hydrogens (tertiary/aromatic N) is 1. The summed E-state index contributed by atoms with van der Waals surface area (Å²) in [6, 6.07) is 16.5. The molecule has 0 aromatic heterocycles. The molecule has 0 atom stereocenters. The smallest absolute Gasteiger partial charge is 0.317 e. The summed E-state index contributed by atoms with van der Waals surface area (Å²) in [6.45, 7) is 5.15. The number of amides is 2. The van der Waals surface area contributed by atoms with Crippen molar-refractivity contribution in [3.05, 3.63) is 68.6 Å². The van der Waals surface area contributed by atoms with Crippen molar-refractivity contribution >= 4 is 37.9 Å². The maximum Gasteiger partial charge on any atom is 0.317 e.